The molecule has 1 aliphatic rings. The zero-order valence-corrected chi connectivity index (χ0v) is 14.3. The van der Waals surface area contributed by atoms with Crippen LogP contribution in [0.4, 0.5) is 0 Å². The molecule has 0 radical (unpaired) electrons. The third-order valence-electron chi connectivity index (χ3n) is 4.33. The molecule has 0 unspecified atom stereocenters. The van der Waals surface area contributed by atoms with Crippen LogP contribution in [0.5, 0.6) is 0 Å². The molecule has 0 N–H and O–H groups in total. The van der Waals surface area contributed by atoms with Gasteiger partial charge in [-0.2, -0.15) is 0 Å². The minimum atomic E-state index is 0.809. The van der Waals surface area contributed by atoms with E-state index in [2.05, 4.69) is 39.5 Å². The van der Waals surface area contributed by atoms with Gasteiger partial charge in [-0.15, -0.1) is 11.3 Å². The third kappa shape index (κ3) is 3.05. The number of nitrogens with zero attached hydrogens (tertiary/aromatic N) is 2. The first-order chi connectivity index (χ1) is 11.3. The lowest BCUT2D eigenvalue weighted by Crippen LogP contribution is -2.28. The summed E-state index contributed by atoms with van der Waals surface area (Å²) < 4.78 is 0. The van der Waals surface area contributed by atoms with Crippen LogP contribution in [0.15, 0.2) is 54.1 Å². The van der Waals surface area contributed by atoms with Gasteiger partial charge < -0.3 is 0 Å². The minimum absolute atomic E-state index is 0.809. The van der Waals surface area contributed by atoms with E-state index in [1.54, 1.807) is 0 Å². The Morgan fingerprint density at radius 3 is 2.91 bits per heavy atom. The molecule has 0 spiro atoms. The molecule has 0 saturated carbocycles. The molecule has 0 fully saturated rings. The number of thiophene rings is 1. The highest BCUT2D eigenvalue weighted by molar-refractivity contribution is 7.11. The van der Waals surface area contributed by atoms with Crippen LogP contribution < -0.4 is 0 Å². The predicted octanol–water partition coefficient (Wildman–Crippen LogP) is 5.24. The standard InChI is InChI=1S/C19H17ClN2S/c20-17-6-5-15-3-1-9-21-19(15)16(17)13-22-10-7-14(8-11-22)18-4-2-12-23-18/h1-7,9,12H,8,10-11,13H2. The van der Waals surface area contributed by atoms with Gasteiger partial charge in [0.2, 0.25) is 0 Å². The normalized spacial score (nSPS) is 15.8. The maximum Gasteiger partial charge on any atom is 0.0761 e. The van der Waals surface area contributed by atoms with Gasteiger partial charge in [-0.25, -0.2) is 0 Å². The zero-order chi connectivity index (χ0) is 15.6. The fourth-order valence-electron chi connectivity index (χ4n) is 3.09. The first-order valence-corrected chi connectivity index (χ1v) is 9.04. The summed E-state index contributed by atoms with van der Waals surface area (Å²) in [5.41, 5.74) is 3.63. The Bertz CT molecular complexity index is 855. The van der Waals surface area contributed by atoms with E-state index in [0.29, 0.717) is 0 Å². The number of hydrogen-bond acceptors (Lipinski definition) is 3. The fraction of sp³-hybridized carbons (Fsp3) is 0.211. The average Bonchev–Trinajstić information content (AvgIpc) is 3.13. The second kappa shape index (κ2) is 6.44. The Morgan fingerprint density at radius 1 is 1.17 bits per heavy atom. The minimum Gasteiger partial charge on any atom is -0.295 e. The maximum atomic E-state index is 6.45. The first-order valence-electron chi connectivity index (χ1n) is 7.78. The van der Waals surface area contributed by atoms with Gasteiger partial charge in [-0.1, -0.05) is 35.9 Å². The van der Waals surface area contributed by atoms with Crippen molar-refractivity contribution in [1.82, 2.24) is 9.88 Å². The van der Waals surface area contributed by atoms with E-state index >= 15 is 0 Å². The summed E-state index contributed by atoms with van der Waals surface area (Å²) in [4.78, 5) is 8.37. The van der Waals surface area contributed by atoms with E-state index < -0.39 is 0 Å². The molecule has 4 rings (SSSR count). The molecular weight excluding hydrogens is 324 g/mol. The first kappa shape index (κ1) is 14.9. The number of benzene rings is 1. The number of rotatable bonds is 3. The van der Waals surface area contributed by atoms with Gasteiger partial charge in [-0.05, 0) is 35.6 Å². The average molecular weight is 341 g/mol. The molecular formula is C19H17ClN2S. The number of halogens is 1. The van der Waals surface area contributed by atoms with Crippen molar-refractivity contribution in [2.24, 2.45) is 0 Å². The van der Waals surface area contributed by atoms with Crippen molar-refractivity contribution in [2.75, 3.05) is 13.1 Å². The molecule has 116 valence electrons. The lowest BCUT2D eigenvalue weighted by atomic mass is 10.0. The maximum absolute atomic E-state index is 6.45. The van der Waals surface area contributed by atoms with E-state index in [1.165, 1.54) is 10.5 Å². The van der Waals surface area contributed by atoms with Crippen LogP contribution in [-0.4, -0.2) is 23.0 Å². The molecule has 3 heterocycles. The number of fused-ring (bicyclic) bond motifs is 1. The molecule has 1 aliphatic heterocycles. The largest absolute Gasteiger partial charge is 0.295 e. The summed E-state index contributed by atoms with van der Waals surface area (Å²) in [5.74, 6) is 0. The summed E-state index contributed by atoms with van der Waals surface area (Å²) in [6.45, 7) is 2.87. The van der Waals surface area contributed by atoms with Gasteiger partial charge in [0.15, 0.2) is 0 Å². The van der Waals surface area contributed by atoms with Crippen molar-refractivity contribution in [3.63, 3.8) is 0 Å². The molecule has 1 aromatic carbocycles. The van der Waals surface area contributed by atoms with Crippen LogP contribution in [0.2, 0.25) is 5.02 Å². The molecule has 0 amide bonds. The molecule has 0 bridgehead atoms. The van der Waals surface area contributed by atoms with Gasteiger partial charge in [0.05, 0.1) is 5.52 Å². The van der Waals surface area contributed by atoms with Gasteiger partial charge >= 0.3 is 0 Å². The molecule has 0 atom stereocenters. The Hall–Kier alpha value is -1.68. The van der Waals surface area contributed by atoms with Gasteiger partial charge in [0, 0.05) is 46.7 Å². The number of hydrogen-bond donors (Lipinski definition) is 0. The van der Waals surface area contributed by atoms with E-state index in [0.717, 1.165) is 47.5 Å². The molecule has 0 aliphatic carbocycles. The Kier molecular flexibility index (Phi) is 4.17. The summed E-state index contributed by atoms with van der Waals surface area (Å²) in [7, 11) is 0. The third-order valence-corrected chi connectivity index (χ3v) is 5.63. The fourth-order valence-corrected chi connectivity index (χ4v) is 4.10. The zero-order valence-electron chi connectivity index (χ0n) is 12.7. The van der Waals surface area contributed by atoms with Crippen LogP contribution in [0.1, 0.15) is 16.9 Å². The Labute approximate surface area is 145 Å². The summed E-state index contributed by atoms with van der Waals surface area (Å²) >= 11 is 8.27. The predicted molar refractivity (Wildman–Crippen MR) is 98.9 cm³/mol. The Morgan fingerprint density at radius 2 is 2.13 bits per heavy atom. The summed E-state index contributed by atoms with van der Waals surface area (Å²) in [5, 5.41) is 4.10. The highest BCUT2D eigenvalue weighted by atomic mass is 35.5. The highest BCUT2D eigenvalue weighted by Crippen LogP contribution is 2.29. The second-order valence-electron chi connectivity index (χ2n) is 5.79. The summed E-state index contributed by atoms with van der Waals surface area (Å²) in [6.07, 6.45) is 5.28. The molecule has 2 aromatic heterocycles. The molecule has 0 saturated heterocycles. The lowest BCUT2D eigenvalue weighted by Gasteiger charge is -2.26. The Balaban J connectivity index is 1.57. The molecule has 2 nitrogen and oxygen atoms in total. The van der Waals surface area contributed by atoms with Crippen molar-refractivity contribution in [2.45, 2.75) is 13.0 Å². The van der Waals surface area contributed by atoms with Crippen LogP contribution in [0, 0.1) is 0 Å². The summed E-state index contributed by atoms with van der Waals surface area (Å²) in [6, 6.07) is 12.4. The van der Waals surface area contributed by atoms with Crippen molar-refractivity contribution in [3.05, 3.63) is 69.5 Å². The monoisotopic (exact) mass is 340 g/mol. The smallest absolute Gasteiger partial charge is 0.0761 e. The SMILES string of the molecule is Clc1ccc2cccnc2c1CN1CC=C(c2cccs2)CC1. The van der Waals surface area contributed by atoms with Crippen molar-refractivity contribution < 1.29 is 0 Å². The van der Waals surface area contributed by atoms with Gasteiger partial charge in [0.1, 0.15) is 0 Å². The highest BCUT2D eigenvalue weighted by Gasteiger charge is 2.16. The number of pyridine rings is 1. The van der Waals surface area contributed by atoms with Gasteiger partial charge in [0.25, 0.3) is 0 Å². The van der Waals surface area contributed by atoms with Crippen molar-refractivity contribution in [1.29, 1.82) is 0 Å². The molecule has 3 aromatic rings. The van der Waals surface area contributed by atoms with E-state index in [1.807, 2.05) is 35.7 Å². The molecule has 4 heteroatoms. The second-order valence-corrected chi connectivity index (χ2v) is 7.15. The van der Waals surface area contributed by atoms with Gasteiger partial charge in [-0.3, -0.25) is 9.88 Å². The van der Waals surface area contributed by atoms with Crippen LogP contribution in [0.25, 0.3) is 16.5 Å². The van der Waals surface area contributed by atoms with Crippen LogP contribution in [-0.2, 0) is 6.54 Å². The van der Waals surface area contributed by atoms with Crippen LogP contribution in [0.3, 0.4) is 0 Å². The van der Waals surface area contributed by atoms with Crippen molar-refractivity contribution >= 4 is 39.4 Å². The van der Waals surface area contributed by atoms with Crippen LogP contribution >= 0.6 is 22.9 Å². The topological polar surface area (TPSA) is 16.1 Å². The van der Waals surface area contributed by atoms with E-state index in [9.17, 15) is 0 Å². The van der Waals surface area contributed by atoms with E-state index in [4.69, 9.17) is 11.6 Å². The quantitative estimate of drug-likeness (QED) is 0.648. The molecule has 23 heavy (non-hydrogen) atoms. The van der Waals surface area contributed by atoms with Crippen molar-refractivity contribution in [3.8, 4) is 0 Å². The lowest BCUT2D eigenvalue weighted by molar-refractivity contribution is 0.295. The number of aromatic nitrogens is 1. The van der Waals surface area contributed by atoms with E-state index in [-0.39, 0.29) is 0 Å².